The zero-order chi connectivity index (χ0) is 18.8. The van der Waals surface area contributed by atoms with Crippen LogP contribution < -0.4 is 5.32 Å². The summed E-state index contributed by atoms with van der Waals surface area (Å²) in [4.78, 5) is 25.9. The lowest BCUT2D eigenvalue weighted by Crippen LogP contribution is -2.56. The highest BCUT2D eigenvalue weighted by atomic mass is 16.6. The number of fused-ring (bicyclic) bond motifs is 3. The molecule has 1 saturated heterocycles. The number of carbonyl (C=O) groups is 2. The van der Waals surface area contributed by atoms with Crippen molar-refractivity contribution in [1.82, 2.24) is 10.2 Å². The first kappa shape index (κ1) is 17.8. The van der Waals surface area contributed by atoms with Crippen molar-refractivity contribution < 1.29 is 19.1 Å². The Bertz CT molecular complexity index is 788. The molecular weight excluding hydrogens is 344 g/mol. The molecule has 6 heteroatoms. The Kier molecular flexibility index (Phi) is 4.99. The van der Waals surface area contributed by atoms with E-state index in [1.54, 1.807) is 4.90 Å². The summed E-state index contributed by atoms with van der Waals surface area (Å²) in [5.74, 6) is 0.443. The van der Waals surface area contributed by atoms with E-state index < -0.39 is 6.04 Å². The second-order valence-electron chi connectivity index (χ2n) is 7.16. The molecule has 1 fully saturated rings. The number of nitrogens with one attached hydrogen (secondary N) is 1. The molecule has 4 atom stereocenters. The molecule has 0 saturated carbocycles. The van der Waals surface area contributed by atoms with Crippen LogP contribution in [0.1, 0.15) is 23.0 Å². The van der Waals surface area contributed by atoms with Crippen molar-refractivity contribution in [2.75, 3.05) is 33.4 Å². The fraction of sp³-hybridized carbons (Fsp3) is 0.429. The molecule has 4 rings (SSSR count). The average molecular weight is 368 g/mol. The van der Waals surface area contributed by atoms with E-state index in [0.717, 1.165) is 0 Å². The van der Waals surface area contributed by atoms with E-state index in [2.05, 4.69) is 47.8 Å². The van der Waals surface area contributed by atoms with Crippen molar-refractivity contribution in [3.8, 4) is 0 Å². The van der Waals surface area contributed by atoms with Crippen LogP contribution in [0.3, 0.4) is 0 Å². The number of methoxy groups -OCH3 is 1. The van der Waals surface area contributed by atoms with Gasteiger partial charge in [-0.2, -0.15) is 0 Å². The molecule has 6 nitrogen and oxygen atoms in total. The van der Waals surface area contributed by atoms with Gasteiger partial charge in [0.25, 0.3) is 0 Å². The molecule has 142 valence electrons. The van der Waals surface area contributed by atoms with Crippen LogP contribution in [0.15, 0.2) is 48.6 Å². The third kappa shape index (κ3) is 3.37. The molecule has 27 heavy (non-hydrogen) atoms. The molecule has 0 aromatic heterocycles. The Morgan fingerprint density at radius 1 is 1.19 bits per heavy atom. The summed E-state index contributed by atoms with van der Waals surface area (Å²) in [6.45, 7) is 1.66. The number of allylic oxidation sites excluding steroid dienone is 4. The maximum atomic E-state index is 12.6. The minimum Gasteiger partial charge on any atom is -0.468 e. The van der Waals surface area contributed by atoms with Crippen LogP contribution in [0.2, 0.25) is 0 Å². The first-order valence-electron chi connectivity index (χ1n) is 9.35. The second kappa shape index (κ2) is 7.56. The number of ether oxygens (including phenoxy) is 2. The second-order valence-corrected chi connectivity index (χ2v) is 7.16. The maximum absolute atomic E-state index is 12.6. The Morgan fingerprint density at radius 2 is 1.96 bits per heavy atom. The van der Waals surface area contributed by atoms with E-state index in [1.807, 2.05) is 6.07 Å². The van der Waals surface area contributed by atoms with E-state index in [4.69, 9.17) is 9.47 Å². The standard InChI is InChI=1S/C21H24N2O4/c1-26-20(24)19-12-23(11-10-22-19)21(25)27-13-18-16-8-4-2-6-14(16)15-7-3-5-9-17(15)18/h2-9,14,16,18-19,22H,10-13H2,1H3. The van der Waals surface area contributed by atoms with Gasteiger partial charge in [-0.1, -0.05) is 48.6 Å². The molecular formula is C21H24N2O4. The van der Waals surface area contributed by atoms with Gasteiger partial charge in [0.2, 0.25) is 0 Å². The van der Waals surface area contributed by atoms with Crippen LogP contribution in [0, 0.1) is 5.92 Å². The van der Waals surface area contributed by atoms with E-state index >= 15 is 0 Å². The number of hydrogen-bond donors (Lipinski definition) is 1. The summed E-state index contributed by atoms with van der Waals surface area (Å²) in [6, 6.07) is 7.89. The summed E-state index contributed by atoms with van der Waals surface area (Å²) in [5, 5.41) is 3.06. The fourth-order valence-corrected chi connectivity index (χ4v) is 4.35. The first-order chi connectivity index (χ1) is 13.2. The van der Waals surface area contributed by atoms with Crippen molar-refractivity contribution in [3.05, 3.63) is 59.7 Å². The molecule has 4 unspecified atom stereocenters. The molecule has 1 aromatic carbocycles. The van der Waals surface area contributed by atoms with Crippen molar-refractivity contribution in [1.29, 1.82) is 0 Å². The largest absolute Gasteiger partial charge is 0.468 e. The molecule has 0 radical (unpaired) electrons. The van der Waals surface area contributed by atoms with Crippen molar-refractivity contribution in [2.45, 2.75) is 17.9 Å². The molecule has 0 bridgehead atoms. The quantitative estimate of drug-likeness (QED) is 0.829. The van der Waals surface area contributed by atoms with Crippen LogP contribution in [0.5, 0.6) is 0 Å². The average Bonchev–Trinajstić information content (AvgIpc) is 3.05. The fourth-order valence-electron chi connectivity index (χ4n) is 4.35. The molecule has 2 aliphatic carbocycles. The topological polar surface area (TPSA) is 67.9 Å². The Balaban J connectivity index is 1.42. The van der Waals surface area contributed by atoms with Gasteiger partial charge in [-0.25, -0.2) is 4.79 Å². The molecule has 1 heterocycles. The third-order valence-electron chi connectivity index (χ3n) is 5.70. The number of carbonyl (C=O) groups excluding carboxylic acids is 2. The van der Waals surface area contributed by atoms with Gasteiger partial charge in [0.05, 0.1) is 13.7 Å². The lowest BCUT2D eigenvalue weighted by Gasteiger charge is -2.32. The number of benzene rings is 1. The highest BCUT2D eigenvalue weighted by Gasteiger charge is 2.39. The minimum atomic E-state index is -0.501. The lowest BCUT2D eigenvalue weighted by molar-refractivity contribution is -0.144. The Labute approximate surface area is 158 Å². The van der Waals surface area contributed by atoms with Gasteiger partial charge in [0, 0.05) is 24.9 Å². The SMILES string of the molecule is COC(=O)C1CN(C(=O)OCC2c3ccccc3C3C=CC=CC32)CCN1. The number of amides is 1. The van der Waals surface area contributed by atoms with Crippen molar-refractivity contribution >= 4 is 12.1 Å². The maximum Gasteiger partial charge on any atom is 0.409 e. The zero-order valence-electron chi connectivity index (χ0n) is 15.3. The van der Waals surface area contributed by atoms with Gasteiger partial charge in [0.1, 0.15) is 12.6 Å². The van der Waals surface area contributed by atoms with Crippen LogP contribution in [0.4, 0.5) is 4.79 Å². The predicted molar refractivity (Wildman–Crippen MR) is 100 cm³/mol. The lowest BCUT2D eigenvalue weighted by atomic mass is 9.84. The summed E-state index contributed by atoms with van der Waals surface area (Å²) in [5.41, 5.74) is 2.57. The summed E-state index contributed by atoms with van der Waals surface area (Å²) >= 11 is 0. The van der Waals surface area contributed by atoms with E-state index in [9.17, 15) is 9.59 Å². The highest BCUT2D eigenvalue weighted by Crippen LogP contribution is 2.49. The van der Waals surface area contributed by atoms with Gasteiger partial charge in [0.15, 0.2) is 0 Å². The molecule has 1 aliphatic heterocycles. The molecule has 0 spiro atoms. The Morgan fingerprint density at radius 3 is 2.78 bits per heavy atom. The Hall–Kier alpha value is -2.60. The van der Waals surface area contributed by atoms with E-state index in [0.29, 0.717) is 31.5 Å². The smallest absolute Gasteiger partial charge is 0.409 e. The minimum absolute atomic E-state index is 0.149. The van der Waals surface area contributed by atoms with Gasteiger partial charge < -0.3 is 19.7 Å². The van der Waals surface area contributed by atoms with E-state index in [-0.39, 0.29) is 24.5 Å². The number of nitrogens with zero attached hydrogens (tertiary/aromatic N) is 1. The predicted octanol–water partition coefficient (Wildman–Crippen LogP) is 2.19. The normalized spacial score (nSPS) is 28.4. The molecule has 1 N–H and O–H groups in total. The summed E-state index contributed by atoms with van der Waals surface area (Å²) in [6.07, 6.45) is 8.21. The summed E-state index contributed by atoms with van der Waals surface area (Å²) in [7, 11) is 1.35. The molecule has 1 aromatic rings. The number of hydrogen-bond acceptors (Lipinski definition) is 5. The number of esters is 1. The first-order valence-corrected chi connectivity index (χ1v) is 9.35. The van der Waals surface area contributed by atoms with Crippen LogP contribution >= 0.6 is 0 Å². The third-order valence-corrected chi connectivity index (χ3v) is 5.70. The van der Waals surface area contributed by atoms with Gasteiger partial charge >= 0.3 is 12.1 Å². The van der Waals surface area contributed by atoms with Gasteiger partial charge in [-0.05, 0) is 17.0 Å². The van der Waals surface area contributed by atoms with Crippen LogP contribution in [-0.4, -0.2) is 56.4 Å². The zero-order valence-corrected chi connectivity index (χ0v) is 15.3. The van der Waals surface area contributed by atoms with Gasteiger partial charge in [-0.15, -0.1) is 0 Å². The number of rotatable bonds is 3. The molecule has 1 amide bonds. The van der Waals surface area contributed by atoms with Crippen LogP contribution in [-0.2, 0) is 14.3 Å². The van der Waals surface area contributed by atoms with E-state index in [1.165, 1.54) is 18.2 Å². The summed E-state index contributed by atoms with van der Waals surface area (Å²) < 4.78 is 10.4. The number of piperazine rings is 1. The highest BCUT2D eigenvalue weighted by molar-refractivity contribution is 5.77. The van der Waals surface area contributed by atoms with Crippen molar-refractivity contribution in [2.24, 2.45) is 5.92 Å². The van der Waals surface area contributed by atoms with Crippen molar-refractivity contribution in [3.63, 3.8) is 0 Å². The van der Waals surface area contributed by atoms with Gasteiger partial charge in [-0.3, -0.25) is 4.79 Å². The van der Waals surface area contributed by atoms with Crippen LogP contribution in [0.25, 0.3) is 0 Å². The molecule has 3 aliphatic rings. The monoisotopic (exact) mass is 368 g/mol.